The summed E-state index contributed by atoms with van der Waals surface area (Å²) in [5.41, 5.74) is 0.916. The van der Waals surface area contributed by atoms with Crippen molar-refractivity contribution in [2.75, 3.05) is 25.1 Å². The van der Waals surface area contributed by atoms with Crippen molar-refractivity contribution in [3.05, 3.63) is 88.1 Å². The third kappa shape index (κ3) is 7.25. The minimum Gasteiger partial charge on any atom is -0.490 e. The summed E-state index contributed by atoms with van der Waals surface area (Å²) < 4.78 is 29.2. The van der Waals surface area contributed by atoms with Gasteiger partial charge < -0.3 is 19.5 Å². The van der Waals surface area contributed by atoms with Gasteiger partial charge in [0.1, 0.15) is 34.7 Å². The number of anilines is 1. The first-order valence-electron chi connectivity index (χ1n) is 10.8. The zero-order chi connectivity index (χ0) is 25.2. The van der Waals surface area contributed by atoms with Crippen LogP contribution in [0.1, 0.15) is 38.1 Å². The third-order valence-electron chi connectivity index (χ3n) is 4.65. The van der Waals surface area contributed by atoms with E-state index >= 15 is 0 Å². The fourth-order valence-corrected chi connectivity index (χ4v) is 4.15. The summed E-state index contributed by atoms with van der Waals surface area (Å²) in [7, 11) is 0. The Hall–Kier alpha value is -3.98. The predicted octanol–water partition coefficient (Wildman–Crippen LogP) is 5.26. The number of ether oxygens (including phenoxy) is 3. The van der Waals surface area contributed by atoms with E-state index in [9.17, 15) is 18.8 Å². The van der Waals surface area contributed by atoms with Crippen molar-refractivity contribution in [1.29, 1.82) is 0 Å². The van der Waals surface area contributed by atoms with E-state index in [0.717, 1.165) is 11.3 Å². The first-order chi connectivity index (χ1) is 16.9. The first kappa shape index (κ1) is 25.6. The summed E-state index contributed by atoms with van der Waals surface area (Å²) in [4.78, 5) is 37.8. The van der Waals surface area contributed by atoms with E-state index in [1.54, 1.807) is 32.0 Å². The SMILES string of the molecule is CCOC(=O)c1c(NC(=O)/C=C/c2cccc(F)c2)sc(C(=O)OCCOc2ccccc2)c1C. The van der Waals surface area contributed by atoms with E-state index < -0.39 is 23.7 Å². The molecule has 2 aromatic carbocycles. The average molecular weight is 498 g/mol. The summed E-state index contributed by atoms with van der Waals surface area (Å²) in [6, 6.07) is 14.8. The molecule has 1 aromatic heterocycles. The number of rotatable bonds is 10. The molecule has 0 unspecified atom stereocenters. The van der Waals surface area contributed by atoms with Crippen molar-refractivity contribution in [2.24, 2.45) is 0 Å². The Morgan fingerprint density at radius 1 is 1.00 bits per heavy atom. The number of esters is 2. The Bertz CT molecular complexity index is 1220. The van der Waals surface area contributed by atoms with Crippen LogP contribution in [0.2, 0.25) is 0 Å². The highest BCUT2D eigenvalue weighted by atomic mass is 32.1. The molecular weight excluding hydrogens is 473 g/mol. The van der Waals surface area contributed by atoms with E-state index in [-0.39, 0.29) is 35.3 Å². The average Bonchev–Trinajstić information content (AvgIpc) is 3.17. The number of para-hydroxylation sites is 1. The number of thiophene rings is 1. The monoisotopic (exact) mass is 497 g/mol. The van der Waals surface area contributed by atoms with Crippen LogP contribution in [0.15, 0.2) is 60.7 Å². The maximum atomic E-state index is 13.3. The van der Waals surface area contributed by atoms with Gasteiger partial charge in [-0.15, -0.1) is 11.3 Å². The molecule has 35 heavy (non-hydrogen) atoms. The fourth-order valence-electron chi connectivity index (χ4n) is 3.06. The maximum Gasteiger partial charge on any atom is 0.348 e. The maximum absolute atomic E-state index is 13.3. The van der Waals surface area contributed by atoms with Crippen molar-refractivity contribution in [1.82, 2.24) is 0 Å². The van der Waals surface area contributed by atoms with Gasteiger partial charge in [0, 0.05) is 6.08 Å². The highest BCUT2D eigenvalue weighted by Gasteiger charge is 2.27. The minimum absolute atomic E-state index is 0.00211. The largest absolute Gasteiger partial charge is 0.490 e. The summed E-state index contributed by atoms with van der Waals surface area (Å²) >= 11 is 0.913. The molecule has 0 aliphatic carbocycles. The topological polar surface area (TPSA) is 90.9 Å². The quantitative estimate of drug-likeness (QED) is 0.233. The summed E-state index contributed by atoms with van der Waals surface area (Å²) in [5, 5.41) is 2.76. The second kappa shape index (κ2) is 12.5. The summed E-state index contributed by atoms with van der Waals surface area (Å²) in [5.74, 6) is -1.65. The van der Waals surface area contributed by atoms with Crippen molar-refractivity contribution in [3.8, 4) is 5.75 Å². The van der Waals surface area contributed by atoms with Gasteiger partial charge in [0.25, 0.3) is 0 Å². The Morgan fingerprint density at radius 2 is 1.77 bits per heavy atom. The molecule has 7 nitrogen and oxygen atoms in total. The van der Waals surface area contributed by atoms with Gasteiger partial charge in [-0.05, 0) is 55.3 Å². The van der Waals surface area contributed by atoms with Crippen molar-refractivity contribution >= 4 is 40.3 Å². The number of carbonyl (C=O) groups is 3. The van der Waals surface area contributed by atoms with Crippen molar-refractivity contribution in [3.63, 3.8) is 0 Å². The van der Waals surface area contributed by atoms with Gasteiger partial charge in [0.05, 0.1) is 12.2 Å². The lowest BCUT2D eigenvalue weighted by molar-refractivity contribution is -0.111. The third-order valence-corrected chi connectivity index (χ3v) is 5.84. The molecule has 3 rings (SSSR count). The molecule has 0 atom stereocenters. The molecule has 0 aliphatic rings. The standard InChI is InChI=1S/C26H24FNO6S/c1-3-32-25(30)22-17(2)23(26(31)34-15-14-33-20-10-5-4-6-11-20)35-24(22)28-21(29)13-12-18-8-7-9-19(27)16-18/h4-13,16H,3,14-15H2,1-2H3,(H,28,29)/b13-12+. The van der Waals surface area contributed by atoms with Crippen LogP contribution in [0, 0.1) is 12.7 Å². The molecule has 1 heterocycles. The van der Waals surface area contributed by atoms with E-state index in [1.807, 2.05) is 18.2 Å². The van der Waals surface area contributed by atoms with Gasteiger partial charge in [-0.1, -0.05) is 30.3 Å². The molecule has 0 saturated heterocycles. The summed E-state index contributed by atoms with van der Waals surface area (Å²) in [6.45, 7) is 3.51. The second-order valence-corrected chi connectivity index (χ2v) is 8.18. The number of hydrogen-bond acceptors (Lipinski definition) is 7. The molecule has 0 radical (unpaired) electrons. The lowest BCUT2D eigenvalue weighted by Gasteiger charge is -2.07. The van der Waals surface area contributed by atoms with E-state index in [2.05, 4.69) is 5.32 Å². The van der Waals surface area contributed by atoms with Gasteiger partial charge in [-0.25, -0.2) is 14.0 Å². The van der Waals surface area contributed by atoms with Crippen LogP contribution in [0.5, 0.6) is 5.75 Å². The van der Waals surface area contributed by atoms with Crippen molar-refractivity contribution in [2.45, 2.75) is 13.8 Å². The molecule has 9 heteroatoms. The minimum atomic E-state index is -0.669. The molecular formula is C26H24FNO6S. The number of nitrogens with one attached hydrogen (secondary N) is 1. The van der Waals surface area contributed by atoms with Crippen LogP contribution in [0.4, 0.5) is 9.39 Å². The molecule has 0 spiro atoms. The lowest BCUT2D eigenvalue weighted by atomic mass is 10.1. The Morgan fingerprint density at radius 3 is 2.49 bits per heavy atom. The molecule has 182 valence electrons. The van der Waals surface area contributed by atoms with E-state index in [1.165, 1.54) is 30.4 Å². The number of amides is 1. The molecule has 1 amide bonds. The Kier molecular flexibility index (Phi) is 9.14. The van der Waals surface area contributed by atoms with Gasteiger partial charge in [-0.3, -0.25) is 4.79 Å². The fraction of sp³-hybridized carbons (Fsp3) is 0.192. The predicted molar refractivity (Wildman–Crippen MR) is 131 cm³/mol. The van der Waals surface area contributed by atoms with Crippen molar-refractivity contribution < 1.29 is 33.0 Å². The summed E-state index contributed by atoms with van der Waals surface area (Å²) in [6.07, 6.45) is 2.64. The van der Waals surface area contributed by atoms with Gasteiger partial charge >= 0.3 is 11.9 Å². The molecule has 0 saturated carbocycles. The molecule has 0 fully saturated rings. The molecule has 0 bridgehead atoms. The van der Waals surface area contributed by atoms with E-state index in [0.29, 0.717) is 16.9 Å². The highest BCUT2D eigenvalue weighted by molar-refractivity contribution is 7.18. The number of halogens is 1. The zero-order valence-corrected chi connectivity index (χ0v) is 20.0. The van der Waals surface area contributed by atoms with Crippen LogP contribution >= 0.6 is 11.3 Å². The lowest BCUT2D eigenvalue weighted by Crippen LogP contribution is -2.13. The van der Waals surface area contributed by atoms with Gasteiger partial charge in [0.15, 0.2) is 0 Å². The van der Waals surface area contributed by atoms with Crippen LogP contribution in [-0.4, -0.2) is 37.7 Å². The van der Waals surface area contributed by atoms with Gasteiger partial charge in [0.2, 0.25) is 5.91 Å². The smallest absolute Gasteiger partial charge is 0.348 e. The van der Waals surface area contributed by atoms with Crippen LogP contribution in [-0.2, 0) is 14.3 Å². The Balaban J connectivity index is 1.71. The second-order valence-electron chi connectivity index (χ2n) is 7.16. The van der Waals surface area contributed by atoms with Crippen LogP contribution in [0.25, 0.3) is 6.08 Å². The van der Waals surface area contributed by atoms with Gasteiger partial charge in [-0.2, -0.15) is 0 Å². The molecule has 1 N–H and O–H groups in total. The molecule has 0 aliphatic heterocycles. The Labute approximate surface area is 206 Å². The molecule has 3 aromatic rings. The highest BCUT2D eigenvalue weighted by Crippen LogP contribution is 2.34. The number of benzene rings is 2. The van der Waals surface area contributed by atoms with Crippen LogP contribution in [0.3, 0.4) is 0 Å². The van der Waals surface area contributed by atoms with Crippen LogP contribution < -0.4 is 10.1 Å². The normalized spacial score (nSPS) is 10.7. The first-order valence-corrected chi connectivity index (χ1v) is 11.6. The number of hydrogen-bond donors (Lipinski definition) is 1. The zero-order valence-electron chi connectivity index (χ0n) is 19.2. The van der Waals surface area contributed by atoms with E-state index in [4.69, 9.17) is 14.2 Å². The number of carbonyl (C=O) groups excluding carboxylic acids is 3.